The van der Waals surface area contributed by atoms with Crippen LogP contribution in [0.4, 0.5) is 10.2 Å². The molecule has 0 bridgehead atoms. The van der Waals surface area contributed by atoms with Crippen LogP contribution in [-0.2, 0) is 13.3 Å². The number of rotatable bonds is 8. The van der Waals surface area contributed by atoms with Crippen molar-refractivity contribution in [1.82, 2.24) is 19.6 Å². The monoisotopic (exact) mass is 455 g/mol. The average Bonchev–Trinajstić information content (AvgIpc) is 3.45. The van der Waals surface area contributed by atoms with E-state index in [0.717, 1.165) is 5.75 Å². The van der Waals surface area contributed by atoms with Crippen molar-refractivity contribution >= 4 is 23.3 Å². The van der Waals surface area contributed by atoms with Gasteiger partial charge in [0.15, 0.2) is 18.2 Å². The highest BCUT2D eigenvalue weighted by Gasteiger charge is 2.13. The lowest BCUT2D eigenvalue weighted by Crippen LogP contribution is -2.15. The van der Waals surface area contributed by atoms with Crippen molar-refractivity contribution < 1.29 is 18.7 Å². The zero-order valence-corrected chi connectivity index (χ0v) is 17.8. The Kier molecular flexibility index (Phi) is 6.37. The van der Waals surface area contributed by atoms with Gasteiger partial charge in [0.05, 0.1) is 13.7 Å². The molecule has 0 atom stereocenters. The molecule has 0 fully saturated rings. The number of carbonyl (C=O) groups is 1. The van der Waals surface area contributed by atoms with Crippen LogP contribution >= 0.6 is 11.6 Å². The molecule has 4 rings (SSSR count). The fourth-order valence-corrected chi connectivity index (χ4v) is 3.13. The van der Waals surface area contributed by atoms with Crippen LogP contribution in [0, 0.1) is 5.82 Å². The molecule has 8 nitrogen and oxygen atoms in total. The van der Waals surface area contributed by atoms with Crippen LogP contribution in [0.25, 0.3) is 0 Å². The van der Waals surface area contributed by atoms with E-state index in [4.69, 9.17) is 21.1 Å². The smallest absolute Gasteiger partial charge is 0.277 e. The first kappa shape index (κ1) is 21.4. The molecule has 1 N–H and O–H groups in total. The molecule has 0 aliphatic heterocycles. The van der Waals surface area contributed by atoms with E-state index < -0.39 is 11.7 Å². The van der Waals surface area contributed by atoms with Gasteiger partial charge in [0.1, 0.15) is 17.3 Å². The van der Waals surface area contributed by atoms with Gasteiger partial charge < -0.3 is 14.8 Å². The third kappa shape index (κ3) is 5.06. The number of hydrogen-bond acceptors (Lipinski definition) is 5. The maximum Gasteiger partial charge on any atom is 0.277 e. The number of nitrogens with one attached hydrogen (secondary N) is 1. The topological polar surface area (TPSA) is 83.2 Å². The van der Waals surface area contributed by atoms with E-state index in [1.807, 2.05) is 0 Å². The number of aromatic nitrogens is 4. The number of methoxy groups -OCH3 is 1. The molecule has 0 radical (unpaired) electrons. The fraction of sp³-hybridized carbons (Fsp3) is 0.136. The maximum absolute atomic E-state index is 14.0. The highest BCUT2D eigenvalue weighted by atomic mass is 35.5. The van der Waals surface area contributed by atoms with E-state index in [0.29, 0.717) is 22.2 Å². The van der Waals surface area contributed by atoms with Gasteiger partial charge in [0, 0.05) is 29.0 Å². The molecule has 1 amide bonds. The number of ether oxygens (including phenoxy) is 2. The Labute approximate surface area is 188 Å². The van der Waals surface area contributed by atoms with Crippen molar-refractivity contribution in [2.24, 2.45) is 0 Å². The minimum atomic E-state index is -0.428. The van der Waals surface area contributed by atoms with E-state index in [2.05, 4.69) is 15.5 Å². The van der Waals surface area contributed by atoms with Crippen LogP contribution in [0.15, 0.2) is 67.0 Å². The minimum absolute atomic E-state index is 0.137. The van der Waals surface area contributed by atoms with E-state index in [-0.39, 0.29) is 19.0 Å². The minimum Gasteiger partial charge on any atom is -0.497 e. The zero-order valence-electron chi connectivity index (χ0n) is 17.0. The van der Waals surface area contributed by atoms with E-state index in [1.54, 1.807) is 62.0 Å². The van der Waals surface area contributed by atoms with Gasteiger partial charge in [-0.05, 0) is 42.5 Å². The zero-order chi connectivity index (χ0) is 22.5. The third-order valence-corrected chi connectivity index (χ3v) is 4.91. The highest BCUT2D eigenvalue weighted by molar-refractivity contribution is 6.31. The predicted octanol–water partition coefficient (Wildman–Crippen LogP) is 4.22. The maximum atomic E-state index is 14.0. The Morgan fingerprint density at radius 3 is 2.53 bits per heavy atom. The Bertz CT molecular complexity index is 1200. The summed E-state index contributed by atoms with van der Waals surface area (Å²) in [4.78, 5) is 12.5. The van der Waals surface area contributed by atoms with Gasteiger partial charge >= 0.3 is 0 Å². The van der Waals surface area contributed by atoms with Crippen LogP contribution in [0.3, 0.4) is 0 Å². The van der Waals surface area contributed by atoms with Crippen molar-refractivity contribution in [3.05, 3.63) is 89.1 Å². The summed E-state index contributed by atoms with van der Waals surface area (Å²) in [5.41, 5.74) is 0.528. The molecule has 4 aromatic rings. The second kappa shape index (κ2) is 9.52. The van der Waals surface area contributed by atoms with Gasteiger partial charge in [0.25, 0.3) is 5.91 Å². The molecule has 2 aromatic carbocycles. The van der Waals surface area contributed by atoms with Gasteiger partial charge in [-0.25, -0.2) is 9.07 Å². The van der Waals surface area contributed by atoms with Gasteiger partial charge in [-0.1, -0.05) is 17.7 Å². The van der Waals surface area contributed by atoms with Crippen molar-refractivity contribution in [3.8, 4) is 11.5 Å². The van der Waals surface area contributed by atoms with Crippen molar-refractivity contribution in [2.75, 3.05) is 12.4 Å². The van der Waals surface area contributed by atoms with Crippen LogP contribution in [0.2, 0.25) is 5.02 Å². The SMILES string of the molecule is COc1ccc(OCn2ccc(C(=O)Nc3ccn(Cc4c(F)cccc4Cl)n3)n2)cc1. The summed E-state index contributed by atoms with van der Waals surface area (Å²) in [6, 6.07) is 14.8. The molecular formula is C22H19ClFN5O3. The second-order valence-corrected chi connectivity index (χ2v) is 7.15. The van der Waals surface area contributed by atoms with Gasteiger partial charge in [-0.3, -0.25) is 9.48 Å². The van der Waals surface area contributed by atoms with Crippen LogP contribution in [0.5, 0.6) is 11.5 Å². The Balaban J connectivity index is 1.34. The molecular weight excluding hydrogens is 437 g/mol. The number of benzene rings is 2. The first-order chi connectivity index (χ1) is 15.5. The summed E-state index contributed by atoms with van der Waals surface area (Å²) in [5, 5.41) is 11.4. The summed E-state index contributed by atoms with van der Waals surface area (Å²) < 4.78 is 27.7. The van der Waals surface area contributed by atoms with Crippen molar-refractivity contribution in [1.29, 1.82) is 0 Å². The van der Waals surface area contributed by atoms with Gasteiger partial charge in [-0.2, -0.15) is 10.2 Å². The molecule has 0 aliphatic carbocycles. The molecule has 0 aliphatic rings. The second-order valence-electron chi connectivity index (χ2n) is 6.74. The molecule has 0 saturated carbocycles. The van der Waals surface area contributed by atoms with E-state index in [1.165, 1.54) is 21.5 Å². The molecule has 164 valence electrons. The number of amides is 1. The van der Waals surface area contributed by atoms with E-state index in [9.17, 15) is 9.18 Å². The highest BCUT2D eigenvalue weighted by Crippen LogP contribution is 2.20. The number of nitrogens with zero attached hydrogens (tertiary/aromatic N) is 4. The van der Waals surface area contributed by atoms with Gasteiger partial charge in [0.2, 0.25) is 0 Å². The standard InChI is InChI=1S/C22H19ClFN5O3/c1-31-15-5-7-16(8-6-15)32-14-29-11-9-20(26-29)22(30)25-21-10-12-28(27-21)13-17-18(23)3-2-4-19(17)24/h2-12H,13-14H2,1H3,(H,25,27,30). The average molecular weight is 456 g/mol. The van der Waals surface area contributed by atoms with E-state index >= 15 is 0 Å². The molecule has 0 saturated heterocycles. The lowest BCUT2D eigenvalue weighted by atomic mass is 10.2. The van der Waals surface area contributed by atoms with Crippen LogP contribution < -0.4 is 14.8 Å². The molecule has 10 heteroatoms. The Morgan fingerprint density at radius 2 is 1.78 bits per heavy atom. The Morgan fingerprint density at radius 1 is 1.03 bits per heavy atom. The molecule has 2 heterocycles. The number of anilines is 1. The van der Waals surface area contributed by atoms with Gasteiger partial charge in [-0.15, -0.1) is 0 Å². The largest absolute Gasteiger partial charge is 0.497 e. The first-order valence-electron chi connectivity index (χ1n) is 9.60. The summed E-state index contributed by atoms with van der Waals surface area (Å²) >= 11 is 6.05. The summed E-state index contributed by atoms with van der Waals surface area (Å²) in [6.07, 6.45) is 3.26. The first-order valence-corrected chi connectivity index (χ1v) is 9.97. The molecule has 32 heavy (non-hydrogen) atoms. The molecule has 2 aromatic heterocycles. The predicted molar refractivity (Wildman–Crippen MR) is 117 cm³/mol. The number of carbonyl (C=O) groups excluding carboxylic acids is 1. The third-order valence-electron chi connectivity index (χ3n) is 4.56. The van der Waals surface area contributed by atoms with Crippen LogP contribution in [0.1, 0.15) is 16.1 Å². The summed E-state index contributed by atoms with van der Waals surface area (Å²) in [7, 11) is 1.59. The number of hydrogen-bond donors (Lipinski definition) is 1. The summed E-state index contributed by atoms with van der Waals surface area (Å²) in [5.74, 6) is 0.845. The molecule has 0 spiro atoms. The normalized spacial score (nSPS) is 10.7. The quantitative estimate of drug-likeness (QED) is 0.430. The fourth-order valence-electron chi connectivity index (χ4n) is 2.91. The van der Waals surface area contributed by atoms with Crippen molar-refractivity contribution in [2.45, 2.75) is 13.3 Å². The summed E-state index contributed by atoms with van der Waals surface area (Å²) in [6.45, 7) is 0.274. The Hall–Kier alpha value is -3.85. The van der Waals surface area contributed by atoms with Crippen molar-refractivity contribution in [3.63, 3.8) is 0 Å². The number of halogens is 2. The van der Waals surface area contributed by atoms with Crippen LogP contribution in [-0.4, -0.2) is 32.6 Å². The molecule has 0 unspecified atom stereocenters. The lowest BCUT2D eigenvalue weighted by molar-refractivity contribution is 0.101. The lowest BCUT2D eigenvalue weighted by Gasteiger charge is -2.07.